The second-order valence-corrected chi connectivity index (χ2v) is 0.482. The Morgan fingerprint density at radius 3 is 2.60 bits per heavy atom. The Balaban J connectivity index is 2.19. The van der Waals surface area contributed by atoms with E-state index in [1.165, 1.54) is 7.11 Å². The molecule has 0 aliphatic rings. The fourth-order valence-electron chi connectivity index (χ4n) is 0.0546. The van der Waals surface area contributed by atoms with E-state index in [1.807, 2.05) is 5.48 Å². The lowest BCUT2D eigenvalue weighted by Gasteiger charge is -1.86. The van der Waals surface area contributed by atoms with Crippen LogP contribution in [-0.2, 0) is 4.84 Å². The first-order valence-electron chi connectivity index (χ1n) is 1.23. The molecule has 0 saturated carbocycles. The third-order valence-electron chi connectivity index (χ3n) is 0.199. The number of hydrogen-bond acceptors (Lipinski definition) is 2. The van der Waals surface area contributed by atoms with Gasteiger partial charge in [-0.3, -0.25) is 0 Å². The van der Waals surface area contributed by atoms with Gasteiger partial charge >= 0.3 is 0 Å². The predicted molar refractivity (Wildman–Crippen MR) is 16.1 cm³/mol. The Bertz CT molecular complexity index is 17.1. The van der Waals surface area contributed by atoms with Gasteiger partial charge in [0.05, 0.1) is 7.11 Å². The van der Waals surface area contributed by atoms with E-state index < -0.39 is 6.80 Å². The van der Waals surface area contributed by atoms with Crippen molar-refractivity contribution in [1.29, 1.82) is 0 Å². The quantitative estimate of drug-likeness (QED) is 0.373. The maximum atomic E-state index is 10.8. The molecule has 0 aromatic rings. The Kier molecular flexibility index (Phi) is 3.73. The van der Waals surface area contributed by atoms with Crippen LogP contribution in [0.5, 0.6) is 0 Å². The van der Waals surface area contributed by atoms with E-state index in [0.29, 0.717) is 0 Å². The van der Waals surface area contributed by atoms with Gasteiger partial charge in [-0.2, -0.15) is 5.48 Å². The van der Waals surface area contributed by atoms with E-state index in [9.17, 15) is 4.39 Å². The minimum Gasteiger partial charge on any atom is -0.303 e. The third-order valence-corrected chi connectivity index (χ3v) is 0.199. The molecule has 0 aromatic heterocycles. The first-order valence-corrected chi connectivity index (χ1v) is 1.23. The standard InChI is InChI=1S/C2H6FNO/c1-5-4-2-3/h4H,2H2,1H3. The molecule has 32 valence electrons. The molecule has 1 N–H and O–H groups in total. The molecule has 3 heteroatoms. The summed E-state index contributed by atoms with van der Waals surface area (Å²) in [6, 6.07) is 0. The van der Waals surface area contributed by atoms with Crippen molar-refractivity contribution in [2.24, 2.45) is 0 Å². The predicted octanol–water partition coefficient (Wildman–Crippen LogP) is 0.0644. The van der Waals surface area contributed by atoms with E-state index in [0.717, 1.165) is 0 Å². The third kappa shape index (κ3) is 3.85. The van der Waals surface area contributed by atoms with Gasteiger partial charge in [-0.05, 0) is 0 Å². The molecule has 0 radical (unpaired) electrons. The van der Waals surface area contributed by atoms with Crippen LogP contribution >= 0.6 is 0 Å². The van der Waals surface area contributed by atoms with Gasteiger partial charge in [0.25, 0.3) is 0 Å². The molecular weight excluding hydrogens is 73.0 g/mol. The highest BCUT2D eigenvalue weighted by Gasteiger charge is 1.65. The van der Waals surface area contributed by atoms with Crippen LogP contribution in [0.15, 0.2) is 0 Å². The van der Waals surface area contributed by atoms with Crippen LogP contribution in [0.1, 0.15) is 0 Å². The molecule has 0 spiro atoms. The van der Waals surface area contributed by atoms with Gasteiger partial charge in [-0.25, -0.2) is 4.39 Å². The van der Waals surface area contributed by atoms with Gasteiger partial charge in [0.1, 0.15) is 0 Å². The van der Waals surface area contributed by atoms with Crippen LogP contribution < -0.4 is 5.48 Å². The van der Waals surface area contributed by atoms with Crippen LogP contribution in [0.25, 0.3) is 0 Å². The zero-order valence-corrected chi connectivity index (χ0v) is 2.99. The van der Waals surface area contributed by atoms with Crippen LogP contribution in [0.2, 0.25) is 0 Å². The average Bonchev–Trinajstić information content (AvgIpc) is 1.41. The van der Waals surface area contributed by atoms with Gasteiger partial charge in [0, 0.05) is 0 Å². The molecule has 0 fully saturated rings. The number of rotatable bonds is 2. The van der Waals surface area contributed by atoms with Crippen LogP contribution in [0.3, 0.4) is 0 Å². The van der Waals surface area contributed by atoms with Crippen molar-refractivity contribution in [3.63, 3.8) is 0 Å². The monoisotopic (exact) mass is 79.0 g/mol. The van der Waals surface area contributed by atoms with Crippen LogP contribution in [-0.4, -0.2) is 13.9 Å². The van der Waals surface area contributed by atoms with Gasteiger partial charge < -0.3 is 4.84 Å². The molecule has 0 saturated heterocycles. The SMILES string of the molecule is CONCF. The number of alkyl halides is 1. The second kappa shape index (κ2) is 3.85. The Hall–Kier alpha value is -0.150. The average molecular weight is 79.1 g/mol. The van der Waals surface area contributed by atoms with E-state index in [2.05, 4.69) is 4.84 Å². The van der Waals surface area contributed by atoms with Crippen molar-refractivity contribution in [2.45, 2.75) is 0 Å². The molecule has 0 unspecified atom stereocenters. The molecule has 0 heterocycles. The maximum absolute atomic E-state index is 10.8. The fourth-order valence-corrected chi connectivity index (χ4v) is 0.0546. The molecule has 0 atom stereocenters. The lowest BCUT2D eigenvalue weighted by atomic mass is 11.4. The minimum atomic E-state index is -0.628. The van der Waals surface area contributed by atoms with Crippen LogP contribution in [0, 0.1) is 0 Å². The lowest BCUT2D eigenvalue weighted by Crippen LogP contribution is -2.07. The largest absolute Gasteiger partial charge is 0.303 e. The summed E-state index contributed by atoms with van der Waals surface area (Å²) in [6.45, 7) is -0.628. The highest BCUT2D eigenvalue weighted by Crippen LogP contribution is 1.52. The smallest absolute Gasteiger partial charge is 0.162 e. The first-order chi connectivity index (χ1) is 2.41. The zero-order chi connectivity index (χ0) is 4.12. The maximum Gasteiger partial charge on any atom is 0.162 e. The number of halogens is 1. The zero-order valence-electron chi connectivity index (χ0n) is 2.99. The highest BCUT2D eigenvalue weighted by atomic mass is 19.1. The lowest BCUT2D eigenvalue weighted by molar-refractivity contribution is 0.0624. The molecule has 2 nitrogen and oxygen atoms in total. The van der Waals surface area contributed by atoms with E-state index >= 15 is 0 Å². The van der Waals surface area contributed by atoms with Gasteiger partial charge in [-0.1, -0.05) is 0 Å². The van der Waals surface area contributed by atoms with Crippen molar-refractivity contribution in [1.82, 2.24) is 5.48 Å². The summed E-state index contributed by atoms with van der Waals surface area (Å²) in [5.41, 5.74) is 1.94. The summed E-state index contributed by atoms with van der Waals surface area (Å²) in [6.07, 6.45) is 0. The van der Waals surface area contributed by atoms with Crippen molar-refractivity contribution in [3.8, 4) is 0 Å². The Morgan fingerprint density at radius 1 is 2.00 bits per heavy atom. The molecule has 0 amide bonds. The normalized spacial score (nSPS) is 8.40. The van der Waals surface area contributed by atoms with Crippen molar-refractivity contribution in [2.75, 3.05) is 13.9 Å². The van der Waals surface area contributed by atoms with E-state index in [-0.39, 0.29) is 0 Å². The van der Waals surface area contributed by atoms with Gasteiger partial charge in [0.2, 0.25) is 0 Å². The molecule has 0 aliphatic heterocycles. The highest BCUT2D eigenvalue weighted by molar-refractivity contribution is 3.92. The summed E-state index contributed by atoms with van der Waals surface area (Å²) in [4.78, 5) is 4.07. The number of nitrogens with one attached hydrogen (secondary N) is 1. The molecule has 0 aliphatic carbocycles. The summed E-state index contributed by atoms with van der Waals surface area (Å²) >= 11 is 0. The van der Waals surface area contributed by atoms with Crippen molar-refractivity contribution < 1.29 is 9.23 Å². The molecule has 0 rings (SSSR count). The summed E-state index contributed by atoms with van der Waals surface area (Å²) < 4.78 is 10.8. The fraction of sp³-hybridized carbons (Fsp3) is 1.00. The molecule has 0 bridgehead atoms. The molecule has 5 heavy (non-hydrogen) atoms. The second-order valence-electron chi connectivity index (χ2n) is 0.482. The summed E-state index contributed by atoms with van der Waals surface area (Å²) in [5, 5.41) is 0. The van der Waals surface area contributed by atoms with E-state index in [1.54, 1.807) is 0 Å². The Labute approximate surface area is 29.9 Å². The van der Waals surface area contributed by atoms with Crippen molar-refractivity contribution in [3.05, 3.63) is 0 Å². The Morgan fingerprint density at radius 2 is 2.60 bits per heavy atom. The van der Waals surface area contributed by atoms with E-state index in [4.69, 9.17) is 0 Å². The van der Waals surface area contributed by atoms with Crippen LogP contribution in [0.4, 0.5) is 4.39 Å². The topological polar surface area (TPSA) is 21.3 Å². The molecule has 0 aromatic carbocycles. The minimum absolute atomic E-state index is 0.628. The molecular formula is C2H6FNO. The van der Waals surface area contributed by atoms with Crippen molar-refractivity contribution >= 4 is 0 Å². The summed E-state index contributed by atoms with van der Waals surface area (Å²) in [5.74, 6) is 0. The van der Waals surface area contributed by atoms with Gasteiger partial charge in [0.15, 0.2) is 6.80 Å². The number of hydrogen-bond donors (Lipinski definition) is 1. The summed E-state index contributed by atoms with van der Waals surface area (Å²) in [7, 11) is 1.36. The first kappa shape index (κ1) is 4.85. The number of hydroxylamine groups is 1. The van der Waals surface area contributed by atoms with Gasteiger partial charge in [-0.15, -0.1) is 0 Å².